The first-order chi connectivity index (χ1) is 11.7. The van der Waals surface area contributed by atoms with E-state index in [2.05, 4.69) is 5.16 Å². The molecular formula is C16H22N2O6S. The Morgan fingerprint density at radius 3 is 2.60 bits per heavy atom. The second-order valence-corrected chi connectivity index (χ2v) is 8.83. The molecule has 1 unspecified atom stereocenters. The smallest absolute Gasteiger partial charge is 0.212 e. The number of nitrogens with zero attached hydrogens (tertiary/aromatic N) is 2. The highest BCUT2D eigenvalue weighted by molar-refractivity contribution is 7.91. The van der Waals surface area contributed by atoms with Crippen LogP contribution in [-0.2, 0) is 20.4 Å². The Bertz CT molecular complexity index is 889. The van der Waals surface area contributed by atoms with E-state index >= 15 is 0 Å². The third-order valence-electron chi connectivity index (χ3n) is 4.27. The van der Waals surface area contributed by atoms with Gasteiger partial charge in [-0.05, 0) is 26.0 Å². The molecule has 0 saturated carbocycles. The molecule has 1 atom stereocenters. The summed E-state index contributed by atoms with van der Waals surface area (Å²) < 4.78 is 41.6. The molecule has 9 heteroatoms. The quantitative estimate of drug-likeness (QED) is 0.790. The lowest BCUT2D eigenvalue weighted by Gasteiger charge is -2.18. The molecule has 3 rings (SSSR count). The van der Waals surface area contributed by atoms with Gasteiger partial charge in [-0.3, -0.25) is 4.84 Å². The Hall–Kier alpha value is -1.84. The lowest BCUT2D eigenvalue weighted by Crippen LogP contribution is -2.33. The fourth-order valence-electron chi connectivity index (χ4n) is 3.15. The number of fused-ring (bicyclic) bond motifs is 1. The highest BCUT2D eigenvalue weighted by Gasteiger charge is 2.44. The normalized spacial score (nSPS) is 20.9. The van der Waals surface area contributed by atoms with Gasteiger partial charge in [0.2, 0.25) is 11.3 Å². The highest BCUT2D eigenvalue weighted by Crippen LogP contribution is 2.38. The molecule has 25 heavy (non-hydrogen) atoms. The first kappa shape index (κ1) is 18.0. The summed E-state index contributed by atoms with van der Waals surface area (Å²) >= 11 is 0. The van der Waals surface area contributed by atoms with Crippen molar-refractivity contribution >= 4 is 20.8 Å². The molecule has 1 aliphatic rings. The molecule has 8 nitrogen and oxygen atoms in total. The van der Waals surface area contributed by atoms with Gasteiger partial charge in [0.1, 0.15) is 11.1 Å². The van der Waals surface area contributed by atoms with Crippen molar-refractivity contribution in [1.29, 1.82) is 0 Å². The fourth-order valence-corrected chi connectivity index (χ4v) is 5.08. The summed E-state index contributed by atoms with van der Waals surface area (Å²) in [4.78, 5) is 5.59. The molecule has 1 aliphatic heterocycles. The molecule has 1 aromatic heterocycles. The van der Waals surface area contributed by atoms with Crippen molar-refractivity contribution in [2.24, 2.45) is 0 Å². The number of hydrogen-bond acceptors (Lipinski definition) is 8. The van der Waals surface area contributed by atoms with E-state index in [0.717, 1.165) is 0 Å². The van der Waals surface area contributed by atoms with Gasteiger partial charge >= 0.3 is 0 Å². The van der Waals surface area contributed by atoms with Gasteiger partial charge in [0, 0.05) is 13.5 Å². The van der Waals surface area contributed by atoms with E-state index < -0.39 is 20.8 Å². The number of benzene rings is 1. The monoisotopic (exact) mass is 370 g/mol. The molecule has 0 radical (unpaired) electrons. The number of rotatable bonds is 5. The van der Waals surface area contributed by atoms with Crippen LogP contribution in [0.5, 0.6) is 11.5 Å². The highest BCUT2D eigenvalue weighted by atomic mass is 32.2. The van der Waals surface area contributed by atoms with Gasteiger partial charge in [0.05, 0.1) is 31.0 Å². The number of methoxy groups -OCH3 is 2. The minimum Gasteiger partial charge on any atom is -0.493 e. The van der Waals surface area contributed by atoms with Crippen LogP contribution in [-0.4, -0.2) is 50.9 Å². The van der Waals surface area contributed by atoms with Crippen molar-refractivity contribution in [1.82, 2.24) is 10.2 Å². The first-order valence-corrected chi connectivity index (χ1v) is 9.53. The Kier molecular flexibility index (Phi) is 4.42. The summed E-state index contributed by atoms with van der Waals surface area (Å²) in [5.74, 6) is 0.633. The average Bonchev–Trinajstić information content (AvgIpc) is 3.06. The van der Waals surface area contributed by atoms with Crippen molar-refractivity contribution in [3.05, 3.63) is 17.8 Å². The van der Waals surface area contributed by atoms with Crippen LogP contribution in [0.4, 0.5) is 0 Å². The third kappa shape index (κ3) is 3.19. The number of hydrogen-bond donors (Lipinski definition) is 0. The van der Waals surface area contributed by atoms with E-state index in [1.54, 1.807) is 19.2 Å². The van der Waals surface area contributed by atoms with Crippen LogP contribution in [0.15, 0.2) is 16.7 Å². The zero-order valence-corrected chi connectivity index (χ0v) is 15.7. The van der Waals surface area contributed by atoms with E-state index in [9.17, 15) is 8.42 Å². The molecule has 0 bridgehead atoms. The lowest BCUT2D eigenvalue weighted by atomic mass is 10.1. The van der Waals surface area contributed by atoms with Crippen molar-refractivity contribution in [2.75, 3.05) is 21.3 Å². The van der Waals surface area contributed by atoms with Crippen LogP contribution in [0, 0.1) is 0 Å². The Morgan fingerprint density at radius 2 is 2.04 bits per heavy atom. The first-order valence-electron chi connectivity index (χ1n) is 7.81. The maximum absolute atomic E-state index is 12.9. The Balaban J connectivity index is 1.96. The van der Waals surface area contributed by atoms with Crippen molar-refractivity contribution < 1.29 is 27.3 Å². The maximum Gasteiger partial charge on any atom is 0.212 e. The summed E-state index contributed by atoms with van der Waals surface area (Å²) in [6.45, 7) is 3.73. The van der Waals surface area contributed by atoms with Gasteiger partial charge in [0.25, 0.3) is 0 Å². The molecule has 0 aliphatic carbocycles. The summed E-state index contributed by atoms with van der Waals surface area (Å²) in [5, 5.41) is 5.21. The fraction of sp³-hybridized carbons (Fsp3) is 0.562. The summed E-state index contributed by atoms with van der Waals surface area (Å²) in [6.07, 6.45) is 0.388. The van der Waals surface area contributed by atoms with E-state index in [0.29, 0.717) is 34.6 Å². The molecule has 2 aromatic rings. The van der Waals surface area contributed by atoms with Gasteiger partial charge in [-0.1, -0.05) is 5.16 Å². The SMILES string of the molecule is COc1ccc2c(CS(=O)(=O)C3CC(C)(C)ON3C)noc2c1OC. The van der Waals surface area contributed by atoms with Crippen molar-refractivity contribution in [3.8, 4) is 11.5 Å². The predicted octanol–water partition coefficient (Wildman–Crippen LogP) is 2.13. The van der Waals surface area contributed by atoms with Gasteiger partial charge in [0.15, 0.2) is 15.6 Å². The van der Waals surface area contributed by atoms with Gasteiger partial charge in [-0.25, -0.2) is 8.42 Å². The van der Waals surface area contributed by atoms with Crippen LogP contribution >= 0.6 is 0 Å². The molecule has 1 aromatic carbocycles. The van der Waals surface area contributed by atoms with E-state index in [1.807, 2.05) is 13.8 Å². The van der Waals surface area contributed by atoms with Crippen LogP contribution in [0.25, 0.3) is 11.0 Å². The maximum atomic E-state index is 12.9. The predicted molar refractivity (Wildman–Crippen MR) is 91.1 cm³/mol. The van der Waals surface area contributed by atoms with Crippen LogP contribution < -0.4 is 9.47 Å². The average molecular weight is 370 g/mol. The molecular weight excluding hydrogens is 348 g/mol. The molecule has 1 fully saturated rings. The number of sulfone groups is 1. The van der Waals surface area contributed by atoms with Gasteiger partial charge < -0.3 is 14.0 Å². The molecule has 138 valence electrons. The summed E-state index contributed by atoms with van der Waals surface area (Å²) in [6, 6.07) is 3.42. The molecule has 0 amide bonds. The van der Waals surface area contributed by atoms with Gasteiger partial charge in [-0.2, -0.15) is 5.06 Å². The Morgan fingerprint density at radius 1 is 1.32 bits per heavy atom. The number of aromatic nitrogens is 1. The minimum absolute atomic E-state index is 0.246. The third-order valence-corrected chi connectivity index (χ3v) is 6.24. The van der Waals surface area contributed by atoms with Crippen LogP contribution in [0.2, 0.25) is 0 Å². The zero-order chi connectivity index (χ0) is 18.4. The van der Waals surface area contributed by atoms with Crippen LogP contribution in [0.3, 0.4) is 0 Å². The molecule has 2 heterocycles. The largest absolute Gasteiger partial charge is 0.493 e. The lowest BCUT2D eigenvalue weighted by molar-refractivity contribution is -0.168. The molecule has 0 N–H and O–H groups in total. The number of ether oxygens (including phenoxy) is 2. The van der Waals surface area contributed by atoms with Gasteiger partial charge in [-0.15, -0.1) is 0 Å². The second-order valence-electron chi connectivity index (χ2n) is 6.67. The second kappa shape index (κ2) is 6.15. The van der Waals surface area contributed by atoms with Crippen molar-refractivity contribution in [2.45, 2.75) is 37.0 Å². The zero-order valence-electron chi connectivity index (χ0n) is 14.9. The topological polar surface area (TPSA) is 91.1 Å². The summed E-state index contributed by atoms with van der Waals surface area (Å²) in [7, 11) is 1.11. The van der Waals surface area contributed by atoms with E-state index in [-0.39, 0.29) is 5.75 Å². The molecule has 1 saturated heterocycles. The minimum atomic E-state index is -3.52. The van der Waals surface area contributed by atoms with E-state index in [1.165, 1.54) is 19.3 Å². The van der Waals surface area contributed by atoms with E-state index in [4.69, 9.17) is 18.8 Å². The Labute approximate surface area is 146 Å². The van der Waals surface area contributed by atoms with Crippen LogP contribution in [0.1, 0.15) is 26.0 Å². The summed E-state index contributed by atoms with van der Waals surface area (Å²) in [5.41, 5.74) is 0.187. The number of hydroxylamine groups is 2. The standard InChI is InChI=1S/C16H22N2O6S/c1-16(2)8-13(18(3)24-16)25(19,20)9-11-10-6-7-12(21-4)15(22-5)14(10)23-17-11/h6-7,13H,8-9H2,1-5H3. The molecule has 0 spiro atoms. The van der Waals surface area contributed by atoms with Crippen molar-refractivity contribution in [3.63, 3.8) is 0 Å².